The second-order valence-electron chi connectivity index (χ2n) is 2.82. The lowest BCUT2D eigenvalue weighted by Crippen LogP contribution is -1.97. The number of thiophene rings is 1. The lowest BCUT2D eigenvalue weighted by atomic mass is 10.2. The largest absolute Gasteiger partial charge is 0.478 e. The molecule has 2 aromatic rings. The van der Waals surface area contributed by atoms with Crippen molar-refractivity contribution < 1.29 is 19.8 Å². The predicted molar refractivity (Wildman–Crippen MR) is 53.5 cm³/mol. The molecule has 0 spiro atoms. The van der Waals surface area contributed by atoms with Crippen molar-refractivity contribution in [3.63, 3.8) is 0 Å². The Balaban J connectivity index is 2.75. The van der Waals surface area contributed by atoms with E-state index >= 15 is 0 Å². The lowest BCUT2D eigenvalue weighted by Gasteiger charge is -1.93. The molecule has 0 unspecified atom stereocenters. The Morgan fingerprint density at radius 3 is 2.53 bits per heavy atom. The summed E-state index contributed by atoms with van der Waals surface area (Å²) in [6, 6.07) is 1.35. The predicted octanol–water partition coefficient (Wildman–Crippen LogP) is 1.69. The molecule has 0 atom stereocenters. The van der Waals surface area contributed by atoms with Gasteiger partial charge in [0.25, 0.3) is 0 Å². The van der Waals surface area contributed by atoms with Crippen LogP contribution in [-0.2, 0) is 0 Å². The van der Waals surface area contributed by atoms with E-state index in [0.29, 0.717) is 10.1 Å². The summed E-state index contributed by atoms with van der Waals surface area (Å²) in [5, 5.41) is 18.0. The van der Waals surface area contributed by atoms with Gasteiger partial charge in [0.2, 0.25) is 0 Å². The van der Waals surface area contributed by atoms with Gasteiger partial charge in [-0.1, -0.05) is 0 Å². The molecule has 15 heavy (non-hydrogen) atoms. The van der Waals surface area contributed by atoms with Crippen LogP contribution in [0.25, 0.3) is 10.1 Å². The number of carboxylic acids is 2. The highest BCUT2D eigenvalue weighted by atomic mass is 32.1. The second kappa shape index (κ2) is 3.32. The molecule has 0 aromatic carbocycles. The molecule has 0 aliphatic carbocycles. The number of hydrogen-bond acceptors (Lipinski definition) is 4. The molecule has 0 saturated heterocycles. The average Bonchev–Trinajstić information content (AvgIpc) is 2.60. The molecule has 2 rings (SSSR count). The van der Waals surface area contributed by atoms with E-state index in [9.17, 15) is 9.59 Å². The number of carboxylic acid groups (broad SMARTS) is 2. The molecule has 0 aliphatic heterocycles. The van der Waals surface area contributed by atoms with E-state index in [1.165, 1.54) is 18.5 Å². The second-order valence-corrected chi connectivity index (χ2v) is 3.90. The zero-order chi connectivity index (χ0) is 11.0. The highest BCUT2D eigenvalue weighted by Gasteiger charge is 2.14. The standard InChI is InChI=1S/C9H5NO4S/c11-8(12)5-2-10-3-7-4(5)1-6(15-7)9(13)14/h1-3H,(H,11,12)(H,13,14). The first-order valence-electron chi connectivity index (χ1n) is 3.93. The average molecular weight is 223 g/mol. The molecule has 0 saturated carbocycles. The van der Waals surface area contributed by atoms with Gasteiger partial charge in [-0.05, 0) is 6.07 Å². The molecule has 2 aromatic heterocycles. The first kappa shape index (κ1) is 9.60. The summed E-state index contributed by atoms with van der Waals surface area (Å²) >= 11 is 1.01. The van der Waals surface area contributed by atoms with Gasteiger partial charge in [0.1, 0.15) is 4.88 Å². The summed E-state index contributed by atoms with van der Waals surface area (Å²) in [6.45, 7) is 0. The van der Waals surface area contributed by atoms with Gasteiger partial charge in [0.05, 0.1) is 10.3 Å². The minimum atomic E-state index is -1.11. The van der Waals surface area contributed by atoms with Crippen LogP contribution in [0.15, 0.2) is 18.5 Å². The molecule has 0 amide bonds. The fourth-order valence-electron chi connectivity index (χ4n) is 1.24. The normalized spacial score (nSPS) is 10.4. The summed E-state index contributed by atoms with van der Waals surface area (Å²) in [5.74, 6) is -2.17. The van der Waals surface area contributed by atoms with Crippen molar-refractivity contribution in [2.45, 2.75) is 0 Å². The number of rotatable bonds is 2. The molecule has 0 bridgehead atoms. The van der Waals surface area contributed by atoms with Crippen LogP contribution in [0.3, 0.4) is 0 Å². The zero-order valence-corrected chi connectivity index (χ0v) is 8.11. The van der Waals surface area contributed by atoms with Gasteiger partial charge in [-0.15, -0.1) is 11.3 Å². The minimum absolute atomic E-state index is 0.0243. The van der Waals surface area contributed by atoms with Gasteiger partial charge in [0.15, 0.2) is 0 Å². The third kappa shape index (κ3) is 1.55. The summed E-state index contributed by atoms with van der Waals surface area (Å²) in [4.78, 5) is 25.4. The lowest BCUT2D eigenvalue weighted by molar-refractivity contribution is 0.0688. The van der Waals surface area contributed by atoms with Crippen LogP contribution in [0, 0.1) is 0 Å². The van der Waals surface area contributed by atoms with Crippen LogP contribution < -0.4 is 0 Å². The van der Waals surface area contributed by atoms with Gasteiger partial charge >= 0.3 is 11.9 Å². The van der Waals surface area contributed by atoms with Gasteiger partial charge < -0.3 is 10.2 Å². The number of carbonyl (C=O) groups is 2. The Morgan fingerprint density at radius 1 is 1.20 bits per heavy atom. The van der Waals surface area contributed by atoms with Crippen LogP contribution in [0.1, 0.15) is 20.0 Å². The summed E-state index contributed by atoms with van der Waals surface area (Å²) in [7, 11) is 0. The van der Waals surface area contributed by atoms with Crippen LogP contribution in [0.2, 0.25) is 0 Å². The van der Waals surface area contributed by atoms with Crippen molar-refractivity contribution in [3.05, 3.63) is 28.9 Å². The molecular formula is C9H5NO4S. The maximum atomic E-state index is 10.8. The maximum Gasteiger partial charge on any atom is 0.345 e. The summed E-state index contributed by atoms with van der Waals surface area (Å²) in [6.07, 6.45) is 2.67. The number of nitrogens with zero attached hydrogens (tertiary/aromatic N) is 1. The van der Waals surface area contributed by atoms with E-state index in [0.717, 1.165) is 11.3 Å². The Labute approximate surface area is 87.6 Å². The monoisotopic (exact) mass is 223 g/mol. The highest BCUT2D eigenvalue weighted by Crippen LogP contribution is 2.27. The molecule has 2 heterocycles. The fourth-order valence-corrected chi connectivity index (χ4v) is 2.13. The van der Waals surface area contributed by atoms with Crippen molar-refractivity contribution in [2.75, 3.05) is 0 Å². The van der Waals surface area contributed by atoms with Crippen molar-refractivity contribution in [1.29, 1.82) is 0 Å². The molecule has 0 radical (unpaired) electrons. The minimum Gasteiger partial charge on any atom is -0.478 e. The van der Waals surface area contributed by atoms with Gasteiger partial charge in [-0.2, -0.15) is 0 Å². The SMILES string of the molecule is O=C(O)c1cc2c(C(=O)O)cncc2s1. The van der Waals surface area contributed by atoms with Crippen LogP contribution in [-0.4, -0.2) is 27.1 Å². The van der Waals surface area contributed by atoms with Crippen LogP contribution >= 0.6 is 11.3 Å². The summed E-state index contributed by atoms with van der Waals surface area (Å²) in [5.41, 5.74) is 0.0243. The number of aromatic carboxylic acids is 2. The van der Waals surface area contributed by atoms with Crippen LogP contribution in [0.5, 0.6) is 0 Å². The first-order chi connectivity index (χ1) is 7.09. The number of hydrogen-bond donors (Lipinski definition) is 2. The Kier molecular flexibility index (Phi) is 2.12. The quantitative estimate of drug-likeness (QED) is 0.808. The number of fused-ring (bicyclic) bond motifs is 1. The van der Waals surface area contributed by atoms with Gasteiger partial charge in [-0.25, -0.2) is 9.59 Å². The van der Waals surface area contributed by atoms with E-state index in [1.807, 2.05) is 0 Å². The third-order valence-electron chi connectivity index (χ3n) is 1.89. The van der Waals surface area contributed by atoms with E-state index in [-0.39, 0.29) is 10.4 Å². The van der Waals surface area contributed by atoms with E-state index in [1.54, 1.807) is 0 Å². The van der Waals surface area contributed by atoms with Crippen molar-refractivity contribution in [3.8, 4) is 0 Å². The summed E-state index contributed by atoms with van der Waals surface area (Å²) < 4.78 is 0.562. The van der Waals surface area contributed by atoms with Crippen molar-refractivity contribution in [1.82, 2.24) is 4.98 Å². The number of aromatic nitrogens is 1. The molecule has 0 aliphatic rings. The van der Waals surface area contributed by atoms with Gasteiger partial charge in [0, 0.05) is 17.8 Å². The molecule has 76 valence electrons. The topological polar surface area (TPSA) is 87.5 Å². The van der Waals surface area contributed by atoms with Gasteiger partial charge in [-0.3, -0.25) is 4.98 Å². The molecule has 6 heteroatoms. The van der Waals surface area contributed by atoms with E-state index < -0.39 is 11.9 Å². The molecule has 5 nitrogen and oxygen atoms in total. The highest BCUT2D eigenvalue weighted by molar-refractivity contribution is 7.20. The fraction of sp³-hybridized carbons (Fsp3) is 0. The third-order valence-corrected chi connectivity index (χ3v) is 2.95. The molecule has 0 fully saturated rings. The Hall–Kier alpha value is -1.95. The first-order valence-corrected chi connectivity index (χ1v) is 4.75. The Bertz CT molecular complexity index is 560. The maximum absolute atomic E-state index is 10.8. The molecular weight excluding hydrogens is 218 g/mol. The Morgan fingerprint density at radius 2 is 1.93 bits per heavy atom. The van der Waals surface area contributed by atoms with E-state index in [4.69, 9.17) is 10.2 Å². The number of pyridine rings is 1. The van der Waals surface area contributed by atoms with Crippen molar-refractivity contribution in [2.24, 2.45) is 0 Å². The van der Waals surface area contributed by atoms with Crippen LogP contribution in [0.4, 0.5) is 0 Å². The smallest absolute Gasteiger partial charge is 0.345 e. The van der Waals surface area contributed by atoms with Crippen molar-refractivity contribution >= 4 is 33.4 Å². The zero-order valence-electron chi connectivity index (χ0n) is 7.30. The van der Waals surface area contributed by atoms with E-state index in [2.05, 4.69) is 4.98 Å². The molecule has 2 N–H and O–H groups in total.